The summed E-state index contributed by atoms with van der Waals surface area (Å²) < 4.78 is 2.07. The van der Waals surface area contributed by atoms with Crippen LogP contribution in [0.1, 0.15) is 37.9 Å². The number of thioether (sulfide) groups is 1. The van der Waals surface area contributed by atoms with Crippen molar-refractivity contribution in [3.63, 3.8) is 0 Å². The molecule has 1 aliphatic carbocycles. The van der Waals surface area contributed by atoms with Crippen LogP contribution in [0.5, 0.6) is 0 Å². The molecule has 0 radical (unpaired) electrons. The molecule has 0 spiro atoms. The molecule has 1 aromatic heterocycles. The van der Waals surface area contributed by atoms with Gasteiger partial charge in [0.25, 0.3) is 0 Å². The number of aryl methyl sites for hydroxylation is 1. The van der Waals surface area contributed by atoms with Gasteiger partial charge in [-0.05, 0) is 19.3 Å². The quantitative estimate of drug-likeness (QED) is 0.849. The molecule has 2 N–H and O–H groups in total. The Labute approximate surface area is 100.0 Å². The van der Waals surface area contributed by atoms with E-state index in [2.05, 4.69) is 9.78 Å². The molecule has 0 atom stereocenters. The standard InChI is InChI=1S/C11H18N4S/c12-8-11(4-1-2-5-11)9-13-10-15(14-9)6-3-7-16-10/h1-8,12H2. The van der Waals surface area contributed by atoms with Crippen molar-refractivity contribution in [1.82, 2.24) is 14.8 Å². The van der Waals surface area contributed by atoms with Crippen molar-refractivity contribution in [1.29, 1.82) is 0 Å². The van der Waals surface area contributed by atoms with Crippen LogP contribution in [0.3, 0.4) is 0 Å². The van der Waals surface area contributed by atoms with Gasteiger partial charge in [0.1, 0.15) is 0 Å². The van der Waals surface area contributed by atoms with Crippen molar-refractivity contribution >= 4 is 11.8 Å². The molecule has 0 aromatic carbocycles. The topological polar surface area (TPSA) is 56.7 Å². The van der Waals surface area contributed by atoms with Crippen molar-refractivity contribution in [2.75, 3.05) is 12.3 Å². The van der Waals surface area contributed by atoms with Gasteiger partial charge in [0, 0.05) is 24.3 Å². The molecule has 0 saturated heterocycles. The second-order valence-corrected chi connectivity index (χ2v) is 5.90. The molecule has 2 heterocycles. The predicted octanol–water partition coefficient (Wildman–Crippen LogP) is 1.54. The minimum Gasteiger partial charge on any atom is -0.329 e. The van der Waals surface area contributed by atoms with Gasteiger partial charge in [-0.15, -0.1) is 0 Å². The van der Waals surface area contributed by atoms with Crippen LogP contribution in [0.15, 0.2) is 5.16 Å². The molecule has 3 rings (SSSR count). The second-order valence-electron chi connectivity index (χ2n) is 4.83. The fourth-order valence-corrected chi connectivity index (χ4v) is 3.64. The Hall–Kier alpha value is -0.550. The van der Waals surface area contributed by atoms with Crippen LogP contribution in [0.25, 0.3) is 0 Å². The van der Waals surface area contributed by atoms with Crippen LogP contribution in [-0.4, -0.2) is 27.1 Å². The zero-order valence-corrected chi connectivity index (χ0v) is 10.3. The number of nitrogens with two attached hydrogens (primary N) is 1. The monoisotopic (exact) mass is 238 g/mol. The smallest absolute Gasteiger partial charge is 0.186 e. The number of aromatic nitrogens is 3. The third-order valence-corrected chi connectivity index (χ3v) is 4.86. The lowest BCUT2D eigenvalue weighted by molar-refractivity contribution is 0.419. The van der Waals surface area contributed by atoms with Gasteiger partial charge >= 0.3 is 0 Å². The second kappa shape index (κ2) is 4.04. The molecule has 0 unspecified atom stereocenters. The maximum absolute atomic E-state index is 5.96. The molecular formula is C11H18N4S. The Bertz CT molecular complexity index is 358. The fourth-order valence-electron chi connectivity index (χ4n) is 2.75. The first-order valence-corrected chi connectivity index (χ1v) is 7.11. The number of fused-ring (bicyclic) bond motifs is 1. The van der Waals surface area contributed by atoms with Crippen molar-refractivity contribution in [2.45, 2.75) is 49.2 Å². The summed E-state index contributed by atoms with van der Waals surface area (Å²) >= 11 is 1.83. The van der Waals surface area contributed by atoms with Crippen LogP contribution < -0.4 is 5.73 Å². The van der Waals surface area contributed by atoms with Gasteiger partial charge in [0.2, 0.25) is 0 Å². The lowest BCUT2D eigenvalue weighted by Gasteiger charge is -2.22. The molecule has 1 aliphatic heterocycles. The van der Waals surface area contributed by atoms with E-state index in [0.29, 0.717) is 6.54 Å². The highest BCUT2D eigenvalue weighted by atomic mass is 32.2. The number of rotatable bonds is 2. The summed E-state index contributed by atoms with van der Waals surface area (Å²) in [6.07, 6.45) is 6.08. The third-order valence-electron chi connectivity index (χ3n) is 3.81. The first-order chi connectivity index (χ1) is 7.84. The average molecular weight is 238 g/mol. The highest BCUT2D eigenvalue weighted by Crippen LogP contribution is 2.39. The van der Waals surface area contributed by atoms with Gasteiger partial charge in [-0.1, -0.05) is 24.6 Å². The van der Waals surface area contributed by atoms with E-state index in [1.807, 2.05) is 11.8 Å². The number of nitrogens with zero attached hydrogens (tertiary/aromatic N) is 3. The molecule has 1 saturated carbocycles. The maximum Gasteiger partial charge on any atom is 0.186 e. The van der Waals surface area contributed by atoms with E-state index in [0.717, 1.165) is 30.4 Å². The van der Waals surface area contributed by atoms with Crippen LogP contribution in [0.2, 0.25) is 0 Å². The summed E-state index contributed by atoms with van der Waals surface area (Å²) in [5.74, 6) is 2.19. The van der Waals surface area contributed by atoms with E-state index in [1.165, 1.54) is 25.0 Å². The van der Waals surface area contributed by atoms with Gasteiger partial charge in [-0.2, -0.15) is 5.10 Å². The number of hydrogen-bond donors (Lipinski definition) is 1. The molecule has 5 heteroatoms. The Morgan fingerprint density at radius 1 is 1.31 bits per heavy atom. The minimum atomic E-state index is 0.0882. The minimum absolute atomic E-state index is 0.0882. The van der Waals surface area contributed by atoms with E-state index in [9.17, 15) is 0 Å². The predicted molar refractivity (Wildman–Crippen MR) is 64.6 cm³/mol. The SMILES string of the molecule is NCC1(c2nc3n(n2)CCCS3)CCCC1. The van der Waals surface area contributed by atoms with Gasteiger partial charge in [-0.3, -0.25) is 0 Å². The maximum atomic E-state index is 5.96. The van der Waals surface area contributed by atoms with Crippen LogP contribution in [0, 0.1) is 0 Å². The Kier molecular flexibility index (Phi) is 2.67. The molecule has 4 nitrogen and oxygen atoms in total. The highest BCUT2D eigenvalue weighted by molar-refractivity contribution is 7.99. The Morgan fingerprint density at radius 3 is 2.81 bits per heavy atom. The zero-order chi connectivity index (χ0) is 11.0. The third kappa shape index (κ3) is 1.57. The van der Waals surface area contributed by atoms with Crippen LogP contribution in [-0.2, 0) is 12.0 Å². The fraction of sp³-hybridized carbons (Fsp3) is 0.818. The largest absolute Gasteiger partial charge is 0.329 e. The van der Waals surface area contributed by atoms with E-state index in [-0.39, 0.29) is 5.41 Å². The van der Waals surface area contributed by atoms with E-state index >= 15 is 0 Å². The molecular weight excluding hydrogens is 220 g/mol. The summed E-state index contributed by atoms with van der Waals surface area (Å²) in [5.41, 5.74) is 6.05. The molecule has 16 heavy (non-hydrogen) atoms. The van der Waals surface area contributed by atoms with E-state index in [4.69, 9.17) is 10.7 Å². The summed E-state index contributed by atoms with van der Waals surface area (Å²) in [5, 5.41) is 5.78. The van der Waals surface area contributed by atoms with Crippen molar-refractivity contribution < 1.29 is 0 Å². The highest BCUT2D eigenvalue weighted by Gasteiger charge is 2.38. The first-order valence-electron chi connectivity index (χ1n) is 6.12. The van der Waals surface area contributed by atoms with E-state index in [1.54, 1.807) is 0 Å². The Balaban J connectivity index is 1.96. The van der Waals surface area contributed by atoms with Crippen LogP contribution >= 0.6 is 11.8 Å². The van der Waals surface area contributed by atoms with Crippen molar-refractivity contribution in [3.8, 4) is 0 Å². The van der Waals surface area contributed by atoms with Crippen molar-refractivity contribution in [3.05, 3.63) is 5.82 Å². The van der Waals surface area contributed by atoms with Gasteiger partial charge in [0.05, 0.1) is 0 Å². The van der Waals surface area contributed by atoms with Crippen LogP contribution in [0.4, 0.5) is 0 Å². The lowest BCUT2D eigenvalue weighted by atomic mass is 9.85. The summed E-state index contributed by atoms with van der Waals surface area (Å²) in [6, 6.07) is 0. The van der Waals surface area contributed by atoms with Gasteiger partial charge in [-0.25, -0.2) is 9.67 Å². The average Bonchev–Trinajstić information content (AvgIpc) is 2.96. The summed E-state index contributed by atoms with van der Waals surface area (Å²) in [4.78, 5) is 4.71. The molecule has 2 aliphatic rings. The zero-order valence-electron chi connectivity index (χ0n) is 9.48. The van der Waals surface area contributed by atoms with Gasteiger partial charge in [0.15, 0.2) is 11.0 Å². The summed E-state index contributed by atoms with van der Waals surface area (Å²) in [7, 11) is 0. The molecule has 0 amide bonds. The van der Waals surface area contributed by atoms with Gasteiger partial charge < -0.3 is 5.73 Å². The molecule has 88 valence electrons. The normalized spacial score (nSPS) is 23.3. The molecule has 0 bridgehead atoms. The van der Waals surface area contributed by atoms with Crippen molar-refractivity contribution in [2.24, 2.45) is 5.73 Å². The molecule has 1 aromatic rings. The summed E-state index contributed by atoms with van der Waals surface area (Å²) in [6.45, 7) is 1.72. The Morgan fingerprint density at radius 2 is 2.12 bits per heavy atom. The number of hydrogen-bond acceptors (Lipinski definition) is 4. The first kappa shape index (κ1) is 10.6. The molecule has 1 fully saturated rings. The van der Waals surface area contributed by atoms with E-state index < -0.39 is 0 Å². The lowest BCUT2D eigenvalue weighted by Crippen LogP contribution is -2.33.